The molecule has 8 heteroatoms. The van der Waals surface area contributed by atoms with E-state index >= 15 is 0 Å². The number of piperidine rings is 1. The lowest BCUT2D eigenvalue weighted by Crippen LogP contribution is -2.51. The summed E-state index contributed by atoms with van der Waals surface area (Å²) in [5.41, 5.74) is 0.858. The zero-order valence-electron chi connectivity index (χ0n) is 15.6. The van der Waals surface area contributed by atoms with Crippen molar-refractivity contribution >= 4 is 15.9 Å². The van der Waals surface area contributed by atoms with Gasteiger partial charge >= 0.3 is 0 Å². The van der Waals surface area contributed by atoms with Gasteiger partial charge in [-0.1, -0.05) is 18.6 Å². The van der Waals surface area contributed by atoms with Crippen LogP contribution in [0.2, 0.25) is 0 Å². The fraction of sp³-hybridized carbons (Fsp3) is 0.350. The molecule has 0 radical (unpaired) electrons. The minimum absolute atomic E-state index is 0.0126. The second kappa shape index (κ2) is 8.70. The van der Waals surface area contributed by atoms with E-state index in [9.17, 15) is 17.6 Å². The molecule has 1 N–H and O–H groups in total. The van der Waals surface area contributed by atoms with Crippen LogP contribution in [0.3, 0.4) is 0 Å². The molecule has 28 heavy (non-hydrogen) atoms. The fourth-order valence-corrected chi connectivity index (χ4v) is 4.94. The van der Waals surface area contributed by atoms with E-state index < -0.39 is 21.9 Å². The van der Waals surface area contributed by atoms with Crippen molar-refractivity contribution in [1.29, 1.82) is 0 Å². The molecule has 6 nitrogen and oxygen atoms in total. The number of amides is 1. The molecule has 0 unspecified atom stereocenters. The van der Waals surface area contributed by atoms with Gasteiger partial charge in [-0.2, -0.15) is 4.31 Å². The van der Waals surface area contributed by atoms with Gasteiger partial charge in [0.05, 0.1) is 12.0 Å². The molecule has 1 amide bonds. The SMILES string of the molecule is COc1cccc(CNC(=O)[C@H]2CCCCN2S(=O)(=O)c2ccc(F)cc2)c1. The summed E-state index contributed by atoms with van der Waals surface area (Å²) in [4.78, 5) is 12.7. The molecule has 3 rings (SSSR count). The molecule has 1 aliphatic rings. The Bertz CT molecular complexity index is 931. The highest BCUT2D eigenvalue weighted by Gasteiger charge is 2.37. The Kier molecular flexibility index (Phi) is 6.31. The topological polar surface area (TPSA) is 75.7 Å². The molecule has 0 saturated carbocycles. The van der Waals surface area contributed by atoms with Crippen molar-refractivity contribution < 1.29 is 22.3 Å². The molecule has 0 aromatic heterocycles. The first-order valence-corrected chi connectivity index (χ1v) is 10.5. The molecule has 2 aromatic carbocycles. The van der Waals surface area contributed by atoms with E-state index in [0.29, 0.717) is 18.6 Å². The van der Waals surface area contributed by atoms with Crippen LogP contribution >= 0.6 is 0 Å². The molecule has 1 saturated heterocycles. The van der Waals surface area contributed by atoms with Crippen molar-refractivity contribution in [3.63, 3.8) is 0 Å². The summed E-state index contributed by atoms with van der Waals surface area (Å²) >= 11 is 0. The Morgan fingerprint density at radius 1 is 1.21 bits per heavy atom. The number of nitrogens with zero attached hydrogens (tertiary/aromatic N) is 1. The lowest BCUT2D eigenvalue weighted by Gasteiger charge is -2.33. The largest absolute Gasteiger partial charge is 0.497 e. The van der Waals surface area contributed by atoms with Crippen LogP contribution in [-0.4, -0.2) is 38.3 Å². The van der Waals surface area contributed by atoms with Gasteiger partial charge < -0.3 is 10.1 Å². The van der Waals surface area contributed by atoms with Crippen LogP contribution in [0, 0.1) is 5.82 Å². The molecule has 1 atom stereocenters. The number of nitrogens with one attached hydrogen (secondary N) is 1. The van der Waals surface area contributed by atoms with E-state index in [1.807, 2.05) is 24.3 Å². The number of carbonyl (C=O) groups excluding carboxylic acids is 1. The second-order valence-electron chi connectivity index (χ2n) is 6.65. The Morgan fingerprint density at radius 2 is 1.96 bits per heavy atom. The molecule has 1 aliphatic heterocycles. The van der Waals surface area contributed by atoms with Crippen LogP contribution in [0.25, 0.3) is 0 Å². The Morgan fingerprint density at radius 3 is 2.68 bits per heavy atom. The van der Waals surface area contributed by atoms with Crippen LogP contribution in [0.1, 0.15) is 24.8 Å². The first-order chi connectivity index (χ1) is 13.4. The minimum Gasteiger partial charge on any atom is -0.497 e. The smallest absolute Gasteiger partial charge is 0.243 e. The molecule has 150 valence electrons. The summed E-state index contributed by atoms with van der Waals surface area (Å²) in [5, 5.41) is 2.82. The Balaban J connectivity index is 1.74. The molecule has 2 aromatic rings. The summed E-state index contributed by atoms with van der Waals surface area (Å²) in [6, 6.07) is 11.2. The summed E-state index contributed by atoms with van der Waals surface area (Å²) < 4.78 is 45.5. The van der Waals surface area contributed by atoms with Crippen molar-refractivity contribution in [2.24, 2.45) is 0 Å². The number of sulfonamides is 1. The highest BCUT2D eigenvalue weighted by Crippen LogP contribution is 2.26. The van der Waals surface area contributed by atoms with Crippen molar-refractivity contribution in [3.8, 4) is 5.75 Å². The summed E-state index contributed by atoms with van der Waals surface area (Å²) in [5.74, 6) is -0.164. The van der Waals surface area contributed by atoms with Crippen LogP contribution in [0.4, 0.5) is 4.39 Å². The second-order valence-corrected chi connectivity index (χ2v) is 8.54. The van der Waals surface area contributed by atoms with Crippen molar-refractivity contribution in [2.45, 2.75) is 36.7 Å². The zero-order valence-corrected chi connectivity index (χ0v) is 16.4. The third-order valence-electron chi connectivity index (χ3n) is 4.78. The van der Waals surface area contributed by atoms with E-state index in [0.717, 1.165) is 24.1 Å². The number of hydrogen-bond donors (Lipinski definition) is 1. The summed E-state index contributed by atoms with van der Waals surface area (Å²) in [6.07, 6.45) is 1.90. The number of carbonyl (C=O) groups is 1. The lowest BCUT2D eigenvalue weighted by atomic mass is 10.0. The van der Waals surface area contributed by atoms with E-state index in [4.69, 9.17) is 4.74 Å². The number of methoxy groups -OCH3 is 1. The number of hydrogen-bond acceptors (Lipinski definition) is 4. The fourth-order valence-electron chi connectivity index (χ4n) is 3.29. The first-order valence-electron chi connectivity index (χ1n) is 9.10. The lowest BCUT2D eigenvalue weighted by molar-refractivity contribution is -0.125. The molecular formula is C20H23FN2O4S. The molecule has 0 bridgehead atoms. The molecular weight excluding hydrogens is 383 g/mol. The highest BCUT2D eigenvalue weighted by atomic mass is 32.2. The van der Waals surface area contributed by atoms with Crippen molar-refractivity contribution in [2.75, 3.05) is 13.7 Å². The summed E-state index contributed by atoms with van der Waals surface area (Å²) in [7, 11) is -2.31. The summed E-state index contributed by atoms with van der Waals surface area (Å²) in [6.45, 7) is 0.536. The van der Waals surface area contributed by atoms with E-state index in [1.165, 1.54) is 16.4 Å². The molecule has 0 spiro atoms. The predicted molar refractivity (Wildman–Crippen MR) is 103 cm³/mol. The maximum Gasteiger partial charge on any atom is 0.243 e. The number of halogens is 1. The Hall–Kier alpha value is -2.45. The number of rotatable bonds is 6. The molecule has 1 heterocycles. The molecule has 0 aliphatic carbocycles. The number of ether oxygens (including phenoxy) is 1. The van der Waals surface area contributed by atoms with Crippen LogP contribution < -0.4 is 10.1 Å². The third-order valence-corrected chi connectivity index (χ3v) is 6.70. The van der Waals surface area contributed by atoms with Crippen LogP contribution in [0.5, 0.6) is 5.75 Å². The van der Waals surface area contributed by atoms with Gasteiger partial charge in [0, 0.05) is 13.1 Å². The third kappa shape index (κ3) is 4.51. The van der Waals surface area contributed by atoms with Gasteiger partial charge in [-0.15, -0.1) is 0 Å². The van der Waals surface area contributed by atoms with Gasteiger partial charge in [0.2, 0.25) is 15.9 Å². The van der Waals surface area contributed by atoms with Crippen LogP contribution in [-0.2, 0) is 21.4 Å². The van der Waals surface area contributed by atoms with Gasteiger partial charge in [-0.05, 0) is 54.8 Å². The van der Waals surface area contributed by atoms with E-state index in [2.05, 4.69) is 5.32 Å². The standard InChI is InChI=1S/C20H23FN2O4S/c1-27-17-6-4-5-15(13-17)14-22-20(24)19-7-2-3-12-23(19)28(25,26)18-10-8-16(21)9-11-18/h4-6,8-11,13,19H,2-3,7,12,14H2,1H3,(H,22,24)/t19-/m1/s1. The van der Waals surface area contributed by atoms with Gasteiger partial charge in [0.25, 0.3) is 0 Å². The van der Waals surface area contributed by atoms with Gasteiger partial charge in [0.1, 0.15) is 17.6 Å². The van der Waals surface area contributed by atoms with Crippen molar-refractivity contribution in [1.82, 2.24) is 9.62 Å². The normalized spacial score (nSPS) is 17.9. The monoisotopic (exact) mass is 406 g/mol. The Labute approximate surface area is 164 Å². The first kappa shape index (κ1) is 20.3. The number of benzene rings is 2. The maximum absolute atomic E-state index is 13.2. The average Bonchev–Trinajstić information content (AvgIpc) is 2.72. The van der Waals surface area contributed by atoms with E-state index in [-0.39, 0.29) is 23.9 Å². The van der Waals surface area contributed by atoms with Gasteiger partial charge in [-0.3, -0.25) is 4.79 Å². The quantitative estimate of drug-likeness (QED) is 0.800. The van der Waals surface area contributed by atoms with Crippen molar-refractivity contribution in [3.05, 3.63) is 59.9 Å². The predicted octanol–water partition coefficient (Wildman–Crippen LogP) is 2.69. The zero-order chi connectivity index (χ0) is 20.1. The van der Waals surface area contributed by atoms with Crippen LogP contribution in [0.15, 0.2) is 53.4 Å². The molecule has 1 fully saturated rings. The average molecular weight is 406 g/mol. The maximum atomic E-state index is 13.2. The highest BCUT2D eigenvalue weighted by molar-refractivity contribution is 7.89. The van der Waals surface area contributed by atoms with E-state index in [1.54, 1.807) is 7.11 Å². The van der Waals surface area contributed by atoms with Gasteiger partial charge in [-0.25, -0.2) is 12.8 Å². The minimum atomic E-state index is -3.88. The van der Waals surface area contributed by atoms with Gasteiger partial charge in [0.15, 0.2) is 0 Å².